The van der Waals surface area contributed by atoms with Crippen LogP contribution in [0.25, 0.3) is 0 Å². The molecule has 1 saturated heterocycles. The van der Waals surface area contributed by atoms with Crippen molar-refractivity contribution >= 4 is 31.9 Å². The summed E-state index contributed by atoms with van der Waals surface area (Å²) >= 11 is 3.51. The van der Waals surface area contributed by atoms with E-state index in [-0.39, 0.29) is 16.7 Å². The molecule has 3 rings (SSSR count). The zero-order valence-corrected chi connectivity index (χ0v) is 18.3. The number of nitrogens with one attached hydrogen (secondary N) is 1. The van der Waals surface area contributed by atoms with Crippen molar-refractivity contribution in [3.05, 3.63) is 45.8 Å². The number of halogens is 1. The first kappa shape index (κ1) is 21.0. The largest absolute Gasteiger partial charge is 0.360 e. The van der Waals surface area contributed by atoms with Crippen LogP contribution in [0.3, 0.4) is 0 Å². The summed E-state index contributed by atoms with van der Waals surface area (Å²) < 4.78 is 33.1. The number of hydrogen-bond donors (Lipinski definition) is 1. The zero-order valence-electron chi connectivity index (χ0n) is 15.9. The fraction of sp³-hybridized carbons (Fsp3) is 0.474. The summed E-state index contributed by atoms with van der Waals surface area (Å²) in [6.45, 7) is 4.40. The van der Waals surface area contributed by atoms with Crippen LogP contribution in [0.15, 0.2) is 38.2 Å². The third-order valence-corrected chi connectivity index (χ3v) is 7.96. The van der Waals surface area contributed by atoms with Gasteiger partial charge in [-0.1, -0.05) is 39.3 Å². The fourth-order valence-corrected chi connectivity index (χ4v) is 5.74. The van der Waals surface area contributed by atoms with Crippen molar-refractivity contribution in [3.63, 3.8) is 0 Å². The standard InChI is InChI=1S/C19H24BrN3O4S/c1-13-18(14(2)27-22-13)28(25,26)23-11-8-16(9-12-23)19(24)21-10-7-15-5-3-4-6-17(15)20/h3-6,16H,7-12H2,1-2H3,(H,21,24). The molecule has 1 fully saturated rings. The van der Waals surface area contributed by atoms with Gasteiger partial charge >= 0.3 is 0 Å². The number of piperidine rings is 1. The van der Waals surface area contributed by atoms with E-state index in [0.29, 0.717) is 43.9 Å². The quantitative estimate of drug-likeness (QED) is 0.701. The van der Waals surface area contributed by atoms with Gasteiger partial charge in [-0.25, -0.2) is 8.42 Å². The topological polar surface area (TPSA) is 92.5 Å². The normalized spacial score (nSPS) is 16.2. The molecule has 152 valence electrons. The Balaban J connectivity index is 1.52. The van der Waals surface area contributed by atoms with E-state index in [1.807, 2.05) is 24.3 Å². The van der Waals surface area contributed by atoms with Crippen LogP contribution in [-0.4, -0.2) is 43.4 Å². The highest BCUT2D eigenvalue weighted by Gasteiger charge is 2.35. The predicted octanol–water partition coefficient (Wildman–Crippen LogP) is 2.81. The summed E-state index contributed by atoms with van der Waals surface area (Å²) in [5.41, 5.74) is 1.51. The first-order valence-electron chi connectivity index (χ1n) is 9.25. The molecule has 0 atom stereocenters. The van der Waals surface area contributed by atoms with Crippen LogP contribution in [0, 0.1) is 19.8 Å². The minimum atomic E-state index is -3.65. The first-order chi connectivity index (χ1) is 13.3. The molecule has 28 heavy (non-hydrogen) atoms. The van der Waals surface area contributed by atoms with Crippen LogP contribution in [-0.2, 0) is 21.2 Å². The van der Waals surface area contributed by atoms with Crippen LogP contribution in [0.1, 0.15) is 29.9 Å². The summed E-state index contributed by atoms with van der Waals surface area (Å²) in [7, 11) is -3.65. The van der Waals surface area contributed by atoms with E-state index in [1.54, 1.807) is 13.8 Å². The molecule has 1 aliphatic heterocycles. The molecule has 0 bridgehead atoms. The molecule has 0 radical (unpaired) electrons. The highest BCUT2D eigenvalue weighted by atomic mass is 79.9. The lowest BCUT2D eigenvalue weighted by Gasteiger charge is -2.30. The predicted molar refractivity (Wildman–Crippen MR) is 108 cm³/mol. The molecule has 1 aliphatic rings. The lowest BCUT2D eigenvalue weighted by Crippen LogP contribution is -2.43. The Morgan fingerprint density at radius 3 is 2.57 bits per heavy atom. The zero-order chi connectivity index (χ0) is 20.3. The molecule has 1 amide bonds. The first-order valence-corrected chi connectivity index (χ1v) is 11.5. The van der Waals surface area contributed by atoms with E-state index in [9.17, 15) is 13.2 Å². The summed E-state index contributed by atoms with van der Waals surface area (Å²) in [5, 5.41) is 6.71. The van der Waals surface area contributed by atoms with Crippen LogP contribution in [0.2, 0.25) is 0 Å². The molecule has 1 N–H and O–H groups in total. The maximum atomic E-state index is 12.8. The molecule has 2 aromatic rings. The Hall–Kier alpha value is -1.71. The van der Waals surface area contributed by atoms with Gasteiger partial charge in [-0.15, -0.1) is 0 Å². The van der Waals surface area contributed by atoms with Crippen LogP contribution in [0.4, 0.5) is 0 Å². The minimum Gasteiger partial charge on any atom is -0.360 e. The number of hydrogen-bond acceptors (Lipinski definition) is 5. The van der Waals surface area contributed by atoms with Gasteiger partial charge in [0.2, 0.25) is 15.9 Å². The SMILES string of the molecule is Cc1noc(C)c1S(=O)(=O)N1CCC(C(=O)NCCc2ccccc2Br)CC1. The number of carbonyl (C=O) groups excluding carboxylic acids is 1. The van der Waals surface area contributed by atoms with Crippen molar-refractivity contribution in [1.82, 2.24) is 14.8 Å². The monoisotopic (exact) mass is 469 g/mol. The number of aryl methyl sites for hydroxylation is 2. The number of sulfonamides is 1. The van der Waals surface area contributed by atoms with Gasteiger partial charge in [0.25, 0.3) is 0 Å². The van der Waals surface area contributed by atoms with Gasteiger partial charge in [-0.05, 0) is 44.7 Å². The smallest absolute Gasteiger partial charge is 0.248 e. The van der Waals surface area contributed by atoms with Gasteiger partial charge in [0, 0.05) is 30.0 Å². The van der Waals surface area contributed by atoms with Crippen molar-refractivity contribution in [2.75, 3.05) is 19.6 Å². The fourth-order valence-electron chi connectivity index (χ4n) is 3.50. The van der Waals surface area contributed by atoms with E-state index in [0.717, 1.165) is 16.5 Å². The third kappa shape index (κ3) is 4.47. The third-order valence-electron chi connectivity index (χ3n) is 5.04. The molecule has 1 aromatic heterocycles. The number of carbonyl (C=O) groups is 1. The van der Waals surface area contributed by atoms with Crippen molar-refractivity contribution in [3.8, 4) is 0 Å². The maximum Gasteiger partial charge on any atom is 0.248 e. The number of aromatic nitrogens is 1. The second kappa shape index (κ2) is 8.75. The molecule has 1 aromatic carbocycles. The van der Waals surface area contributed by atoms with Gasteiger partial charge in [-0.2, -0.15) is 4.31 Å². The molecular weight excluding hydrogens is 446 g/mol. The Labute approximate surface area is 173 Å². The van der Waals surface area contributed by atoms with Crippen molar-refractivity contribution in [2.24, 2.45) is 5.92 Å². The average Bonchev–Trinajstić information content (AvgIpc) is 3.02. The molecule has 9 heteroatoms. The number of nitrogens with zero attached hydrogens (tertiary/aromatic N) is 2. The Morgan fingerprint density at radius 2 is 1.96 bits per heavy atom. The Bertz CT molecular complexity index is 930. The highest BCUT2D eigenvalue weighted by Crippen LogP contribution is 2.27. The second-order valence-electron chi connectivity index (χ2n) is 6.96. The molecule has 0 spiro atoms. The van der Waals surface area contributed by atoms with Crippen LogP contribution in [0.5, 0.6) is 0 Å². The second-order valence-corrected chi connectivity index (χ2v) is 9.69. The van der Waals surface area contributed by atoms with Crippen molar-refractivity contribution in [2.45, 2.75) is 38.0 Å². The van der Waals surface area contributed by atoms with Gasteiger partial charge in [0.15, 0.2) is 5.76 Å². The van der Waals surface area contributed by atoms with E-state index in [2.05, 4.69) is 26.4 Å². The number of rotatable bonds is 6. The van der Waals surface area contributed by atoms with Crippen LogP contribution >= 0.6 is 15.9 Å². The Kier molecular flexibility index (Phi) is 6.57. The van der Waals surface area contributed by atoms with Gasteiger partial charge in [-0.3, -0.25) is 4.79 Å². The average molecular weight is 470 g/mol. The van der Waals surface area contributed by atoms with E-state index in [1.165, 1.54) is 4.31 Å². The summed E-state index contributed by atoms with van der Waals surface area (Å²) in [6.07, 6.45) is 1.75. The van der Waals surface area contributed by atoms with Crippen molar-refractivity contribution in [1.29, 1.82) is 0 Å². The van der Waals surface area contributed by atoms with E-state index < -0.39 is 10.0 Å². The summed E-state index contributed by atoms with van der Waals surface area (Å²) in [4.78, 5) is 12.6. The number of benzene rings is 1. The molecular formula is C19H24BrN3O4S. The molecule has 2 heterocycles. The summed E-state index contributed by atoms with van der Waals surface area (Å²) in [6, 6.07) is 7.92. The van der Waals surface area contributed by atoms with E-state index >= 15 is 0 Å². The summed E-state index contributed by atoms with van der Waals surface area (Å²) in [5.74, 6) is 0.112. The number of amides is 1. The van der Waals surface area contributed by atoms with Gasteiger partial charge in [0.05, 0.1) is 0 Å². The highest BCUT2D eigenvalue weighted by molar-refractivity contribution is 9.10. The lowest BCUT2D eigenvalue weighted by molar-refractivity contribution is -0.126. The minimum absolute atomic E-state index is 0.0126. The molecule has 0 aliphatic carbocycles. The maximum absolute atomic E-state index is 12.8. The van der Waals surface area contributed by atoms with Gasteiger partial charge < -0.3 is 9.84 Å². The Morgan fingerprint density at radius 1 is 1.29 bits per heavy atom. The van der Waals surface area contributed by atoms with Crippen molar-refractivity contribution < 1.29 is 17.7 Å². The molecule has 0 unspecified atom stereocenters. The lowest BCUT2D eigenvalue weighted by atomic mass is 9.97. The van der Waals surface area contributed by atoms with Crippen LogP contribution < -0.4 is 5.32 Å². The molecule has 7 nitrogen and oxygen atoms in total. The molecule has 0 saturated carbocycles. The van der Waals surface area contributed by atoms with Gasteiger partial charge in [0.1, 0.15) is 10.6 Å². The van der Waals surface area contributed by atoms with E-state index in [4.69, 9.17) is 4.52 Å².